The van der Waals surface area contributed by atoms with E-state index in [2.05, 4.69) is 20.6 Å². The van der Waals surface area contributed by atoms with E-state index in [0.717, 1.165) is 12.2 Å². The van der Waals surface area contributed by atoms with E-state index in [0.29, 0.717) is 12.5 Å². The van der Waals surface area contributed by atoms with Gasteiger partial charge in [0.15, 0.2) is 0 Å². The molecule has 0 spiro atoms. The van der Waals surface area contributed by atoms with E-state index in [4.69, 9.17) is 0 Å². The van der Waals surface area contributed by atoms with E-state index in [-0.39, 0.29) is 6.10 Å². The third kappa shape index (κ3) is 3.18. The number of hydrogen-bond acceptors (Lipinski definition) is 5. The smallest absolute Gasteiger partial charge is 0.224 e. The van der Waals surface area contributed by atoms with Crippen molar-refractivity contribution >= 4 is 11.8 Å². The number of aliphatic hydroxyl groups excluding tert-OH is 1. The first-order valence-corrected chi connectivity index (χ1v) is 4.69. The Bertz CT molecular complexity index is 279. The molecule has 78 valence electrons. The third-order valence-corrected chi connectivity index (χ3v) is 1.87. The Balaban J connectivity index is 2.50. The molecule has 0 radical (unpaired) electrons. The lowest BCUT2D eigenvalue weighted by Gasteiger charge is -2.10. The van der Waals surface area contributed by atoms with Crippen LogP contribution in [-0.4, -0.2) is 34.8 Å². The van der Waals surface area contributed by atoms with Gasteiger partial charge in [0.1, 0.15) is 5.82 Å². The average molecular weight is 196 g/mol. The van der Waals surface area contributed by atoms with Crippen molar-refractivity contribution in [1.29, 1.82) is 0 Å². The second kappa shape index (κ2) is 5.39. The van der Waals surface area contributed by atoms with Gasteiger partial charge in [-0.2, -0.15) is 4.98 Å². The predicted molar refractivity (Wildman–Crippen MR) is 56.4 cm³/mol. The number of nitrogens with zero attached hydrogens (tertiary/aromatic N) is 2. The van der Waals surface area contributed by atoms with Gasteiger partial charge in [0.25, 0.3) is 0 Å². The zero-order valence-corrected chi connectivity index (χ0v) is 8.49. The number of nitrogens with one attached hydrogen (secondary N) is 2. The van der Waals surface area contributed by atoms with Crippen LogP contribution in [0.4, 0.5) is 11.8 Å². The van der Waals surface area contributed by atoms with Crippen molar-refractivity contribution in [2.24, 2.45) is 0 Å². The minimum Gasteiger partial charge on any atom is -0.391 e. The van der Waals surface area contributed by atoms with Crippen LogP contribution in [0.25, 0.3) is 0 Å². The van der Waals surface area contributed by atoms with Crippen molar-refractivity contribution in [3.8, 4) is 0 Å². The zero-order chi connectivity index (χ0) is 10.4. The van der Waals surface area contributed by atoms with E-state index in [1.165, 1.54) is 0 Å². The van der Waals surface area contributed by atoms with Gasteiger partial charge in [0.2, 0.25) is 5.95 Å². The summed E-state index contributed by atoms with van der Waals surface area (Å²) in [7, 11) is 1.76. The summed E-state index contributed by atoms with van der Waals surface area (Å²) in [5.41, 5.74) is 0. The van der Waals surface area contributed by atoms with Crippen molar-refractivity contribution in [3.63, 3.8) is 0 Å². The second-order valence-corrected chi connectivity index (χ2v) is 2.96. The van der Waals surface area contributed by atoms with Crippen molar-refractivity contribution in [2.45, 2.75) is 19.4 Å². The van der Waals surface area contributed by atoms with Crippen molar-refractivity contribution in [2.75, 3.05) is 24.2 Å². The van der Waals surface area contributed by atoms with Gasteiger partial charge in [0, 0.05) is 19.8 Å². The molecule has 0 amide bonds. The summed E-state index contributed by atoms with van der Waals surface area (Å²) in [5.74, 6) is 1.29. The Hall–Kier alpha value is -1.36. The fourth-order valence-corrected chi connectivity index (χ4v) is 0.944. The van der Waals surface area contributed by atoms with Gasteiger partial charge in [-0.25, -0.2) is 4.98 Å². The van der Waals surface area contributed by atoms with Crippen LogP contribution in [0.5, 0.6) is 0 Å². The lowest BCUT2D eigenvalue weighted by atomic mass is 10.3. The van der Waals surface area contributed by atoms with Crippen LogP contribution < -0.4 is 10.6 Å². The molecule has 1 atom stereocenters. The number of rotatable bonds is 5. The molecule has 0 aromatic carbocycles. The summed E-state index contributed by atoms with van der Waals surface area (Å²) in [6, 6.07) is 1.77. The molecular formula is C9H16N4O. The molecule has 1 unspecified atom stereocenters. The summed E-state index contributed by atoms with van der Waals surface area (Å²) in [6.07, 6.45) is 2.07. The van der Waals surface area contributed by atoms with E-state index in [9.17, 15) is 5.11 Å². The molecule has 0 aliphatic carbocycles. The zero-order valence-electron chi connectivity index (χ0n) is 8.49. The molecule has 1 aromatic heterocycles. The van der Waals surface area contributed by atoms with Gasteiger partial charge in [-0.1, -0.05) is 6.92 Å². The fraction of sp³-hybridized carbons (Fsp3) is 0.556. The van der Waals surface area contributed by atoms with Gasteiger partial charge in [-0.3, -0.25) is 0 Å². The molecule has 1 aromatic rings. The maximum absolute atomic E-state index is 9.32. The molecule has 5 heteroatoms. The van der Waals surface area contributed by atoms with Crippen molar-refractivity contribution in [1.82, 2.24) is 9.97 Å². The lowest BCUT2D eigenvalue weighted by Crippen LogP contribution is -2.18. The highest BCUT2D eigenvalue weighted by molar-refractivity contribution is 5.39. The minimum absolute atomic E-state index is 0.331. The largest absolute Gasteiger partial charge is 0.391 e. The molecule has 3 N–H and O–H groups in total. The van der Waals surface area contributed by atoms with Gasteiger partial charge in [0.05, 0.1) is 6.10 Å². The predicted octanol–water partition coefficient (Wildman–Crippen LogP) is 0.701. The van der Waals surface area contributed by atoms with Crippen LogP contribution in [0.1, 0.15) is 13.3 Å². The van der Waals surface area contributed by atoms with Crippen molar-refractivity contribution in [3.05, 3.63) is 12.3 Å². The summed E-state index contributed by atoms with van der Waals surface area (Å²) in [4.78, 5) is 8.13. The molecule has 1 rings (SSSR count). The summed E-state index contributed by atoms with van der Waals surface area (Å²) in [6.45, 7) is 2.45. The Morgan fingerprint density at radius 1 is 1.57 bits per heavy atom. The minimum atomic E-state index is -0.331. The van der Waals surface area contributed by atoms with Crippen LogP contribution in [0.2, 0.25) is 0 Å². The number of aliphatic hydroxyl groups is 1. The summed E-state index contributed by atoms with van der Waals surface area (Å²) < 4.78 is 0. The molecule has 0 fully saturated rings. The molecule has 14 heavy (non-hydrogen) atoms. The highest BCUT2D eigenvalue weighted by Crippen LogP contribution is 2.04. The van der Waals surface area contributed by atoms with Gasteiger partial charge in [-0.05, 0) is 12.5 Å². The maximum Gasteiger partial charge on any atom is 0.224 e. The van der Waals surface area contributed by atoms with E-state index < -0.39 is 0 Å². The topological polar surface area (TPSA) is 70.1 Å². The lowest BCUT2D eigenvalue weighted by molar-refractivity contribution is 0.183. The molecular weight excluding hydrogens is 180 g/mol. The van der Waals surface area contributed by atoms with Gasteiger partial charge < -0.3 is 15.7 Å². The Kier molecular flexibility index (Phi) is 4.12. The monoisotopic (exact) mass is 196 g/mol. The van der Waals surface area contributed by atoms with E-state index >= 15 is 0 Å². The summed E-state index contributed by atoms with van der Waals surface area (Å²) in [5, 5.41) is 15.2. The highest BCUT2D eigenvalue weighted by atomic mass is 16.3. The molecule has 1 heterocycles. The van der Waals surface area contributed by atoms with E-state index in [1.54, 1.807) is 19.3 Å². The van der Waals surface area contributed by atoms with Crippen LogP contribution in [0.15, 0.2) is 12.3 Å². The van der Waals surface area contributed by atoms with Crippen LogP contribution in [-0.2, 0) is 0 Å². The molecule has 5 nitrogen and oxygen atoms in total. The van der Waals surface area contributed by atoms with Gasteiger partial charge in [-0.15, -0.1) is 0 Å². The standard InChI is InChI=1S/C9H16N4O/c1-3-7(14)6-12-8-4-5-11-9(10-2)13-8/h4-5,7,14H,3,6H2,1-2H3,(H2,10,11,12,13). The molecule has 0 saturated heterocycles. The first-order valence-electron chi connectivity index (χ1n) is 4.69. The van der Waals surface area contributed by atoms with Gasteiger partial charge >= 0.3 is 0 Å². The number of hydrogen-bond donors (Lipinski definition) is 3. The molecule has 0 aliphatic heterocycles. The normalized spacial score (nSPS) is 12.2. The molecule has 0 aliphatic rings. The second-order valence-electron chi connectivity index (χ2n) is 2.96. The maximum atomic E-state index is 9.32. The number of anilines is 2. The van der Waals surface area contributed by atoms with Crippen LogP contribution in [0.3, 0.4) is 0 Å². The number of aromatic nitrogens is 2. The highest BCUT2D eigenvalue weighted by Gasteiger charge is 2.01. The first kappa shape index (κ1) is 10.7. The fourth-order valence-electron chi connectivity index (χ4n) is 0.944. The first-order chi connectivity index (χ1) is 6.76. The Morgan fingerprint density at radius 3 is 3.00 bits per heavy atom. The molecule has 0 saturated carbocycles. The Morgan fingerprint density at radius 2 is 2.36 bits per heavy atom. The third-order valence-electron chi connectivity index (χ3n) is 1.87. The van der Waals surface area contributed by atoms with E-state index in [1.807, 2.05) is 6.92 Å². The average Bonchev–Trinajstić information content (AvgIpc) is 2.26. The van der Waals surface area contributed by atoms with Crippen LogP contribution >= 0.6 is 0 Å². The van der Waals surface area contributed by atoms with Crippen LogP contribution in [0, 0.1) is 0 Å². The SMILES string of the molecule is CCC(O)CNc1ccnc(NC)n1. The van der Waals surface area contributed by atoms with Crippen molar-refractivity contribution < 1.29 is 5.11 Å². The molecule has 0 bridgehead atoms. The quantitative estimate of drug-likeness (QED) is 0.646. The summed E-state index contributed by atoms with van der Waals surface area (Å²) >= 11 is 0. The Labute approximate surface area is 83.6 Å².